The number of aliphatic carboxylic acids is 1. The van der Waals surface area contributed by atoms with Crippen LogP contribution in [0.25, 0.3) is 11.3 Å². The van der Waals surface area contributed by atoms with Gasteiger partial charge in [0, 0.05) is 23.6 Å². The summed E-state index contributed by atoms with van der Waals surface area (Å²) in [5, 5.41) is 17.0. The first kappa shape index (κ1) is 18.1. The van der Waals surface area contributed by atoms with Crippen molar-refractivity contribution in [1.82, 2.24) is 4.98 Å². The molecule has 3 rings (SSSR count). The Bertz CT molecular complexity index is 890. The van der Waals surface area contributed by atoms with Gasteiger partial charge in [0.25, 0.3) is 0 Å². The van der Waals surface area contributed by atoms with Gasteiger partial charge in [0.2, 0.25) is 11.8 Å². The molecular weight excluding hydrogens is 354 g/mol. The van der Waals surface area contributed by atoms with Crippen molar-refractivity contribution in [2.24, 2.45) is 17.3 Å². The predicted molar refractivity (Wildman–Crippen MR) is 98.9 cm³/mol. The number of carboxylic acids is 1. The standard InChI is InChI=1S/C18H19N3O4S/c1-9(22)19-17-21-12(8-26-17)10-5-4-6-11(7-10)20-15(23)13-14(16(24)25)18(13,2)3/h4-8,13-14H,1-3H3,(H,20,23)(H,24,25)(H,19,21,22)/t13-,14-/m1/s1. The van der Waals surface area contributed by atoms with Crippen LogP contribution in [-0.2, 0) is 14.4 Å². The van der Waals surface area contributed by atoms with Crippen molar-refractivity contribution in [3.8, 4) is 11.3 Å². The van der Waals surface area contributed by atoms with Crippen LogP contribution in [0.15, 0.2) is 29.6 Å². The van der Waals surface area contributed by atoms with Gasteiger partial charge in [0.15, 0.2) is 5.13 Å². The van der Waals surface area contributed by atoms with Crippen molar-refractivity contribution in [3.63, 3.8) is 0 Å². The normalized spacial score (nSPS) is 20.3. The van der Waals surface area contributed by atoms with Crippen LogP contribution in [-0.4, -0.2) is 27.9 Å². The Hall–Kier alpha value is -2.74. The maximum Gasteiger partial charge on any atom is 0.307 e. The van der Waals surface area contributed by atoms with E-state index in [9.17, 15) is 19.5 Å². The molecule has 0 aliphatic heterocycles. The van der Waals surface area contributed by atoms with Crippen molar-refractivity contribution < 1.29 is 19.5 Å². The smallest absolute Gasteiger partial charge is 0.307 e. The second-order valence-electron chi connectivity index (χ2n) is 6.90. The summed E-state index contributed by atoms with van der Waals surface area (Å²) >= 11 is 1.31. The number of anilines is 2. The van der Waals surface area contributed by atoms with Crippen LogP contribution in [0.1, 0.15) is 20.8 Å². The maximum absolute atomic E-state index is 12.4. The molecule has 1 aliphatic rings. The molecule has 26 heavy (non-hydrogen) atoms. The van der Waals surface area contributed by atoms with E-state index < -0.39 is 23.2 Å². The number of carbonyl (C=O) groups excluding carboxylic acids is 2. The fraction of sp³-hybridized carbons (Fsp3) is 0.333. The maximum atomic E-state index is 12.4. The third kappa shape index (κ3) is 3.45. The molecule has 0 saturated heterocycles. The number of rotatable bonds is 5. The van der Waals surface area contributed by atoms with E-state index in [0.717, 1.165) is 5.56 Å². The zero-order valence-corrected chi connectivity index (χ0v) is 15.4. The van der Waals surface area contributed by atoms with Crippen molar-refractivity contribution in [1.29, 1.82) is 0 Å². The van der Waals surface area contributed by atoms with E-state index >= 15 is 0 Å². The number of amides is 2. The lowest BCUT2D eigenvalue weighted by Gasteiger charge is -2.07. The number of aromatic nitrogens is 1. The van der Waals surface area contributed by atoms with Crippen LogP contribution >= 0.6 is 11.3 Å². The van der Waals surface area contributed by atoms with Gasteiger partial charge in [-0.25, -0.2) is 4.98 Å². The number of carbonyl (C=O) groups is 3. The number of hydrogen-bond donors (Lipinski definition) is 3. The summed E-state index contributed by atoms with van der Waals surface area (Å²) in [7, 11) is 0. The number of thiazole rings is 1. The van der Waals surface area contributed by atoms with Gasteiger partial charge in [0.05, 0.1) is 17.5 Å². The van der Waals surface area contributed by atoms with Crippen LogP contribution in [0.3, 0.4) is 0 Å². The molecule has 136 valence electrons. The Morgan fingerprint density at radius 1 is 1.19 bits per heavy atom. The van der Waals surface area contributed by atoms with Crippen LogP contribution in [0.2, 0.25) is 0 Å². The van der Waals surface area contributed by atoms with Crippen molar-refractivity contribution >= 4 is 39.9 Å². The summed E-state index contributed by atoms with van der Waals surface area (Å²) in [5.41, 5.74) is 1.51. The molecule has 1 aliphatic carbocycles. The average molecular weight is 373 g/mol. The molecule has 8 heteroatoms. The van der Waals surface area contributed by atoms with E-state index in [2.05, 4.69) is 15.6 Å². The molecule has 1 aromatic carbocycles. The van der Waals surface area contributed by atoms with Crippen molar-refractivity contribution in [2.45, 2.75) is 20.8 Å². The quantitative estimate of drug-likeness (QED) is 0.746. The summed E-state index contributed by atoms with van der Waals surface area (Å²) < 4.78 is 0. The number of benzene rings is 1. The molecule has 0 radical (unpaired) electrons. The van der Waals surface area contributed by atoms with E-state index in [4.69, 9.17) is 0 Å². The topological polar surface area (TPSA) is 108 Å². The SMILES string of the molecule is CC(=O)Nc1nc(-c2cccc(NC(=O)[C@H]3[C@H](C(=O)O)C3(C)C)c2)cs1. The van der Waals surface area contributed by atoms with Gasteiger partial charge in [-0.3, -0.25) is 14.4 Å². The minimum atomic E-state index is -0.947. The summed E-state index contributed by atoms with van der Waals surface area (Å²) in [6.07, 6.45) is 0. The Morgan fingerprint density at radius 3 is 2.54 bits per heavy atom. The molecular formula is C18H19N3O4S. The molecule has 0 bridgehead atoms. The zero-order chi connectivity index (χ0) is 19.1. The van der Waals surface area contributed by atoms with Gasteiger partial charge < -0.3 is 15.7 Å². The fourth-order valence-corrected chi connectivity index (χ4v) is 3.94. The first-order valence-electron chi connectivity index (χ1n) is 8.07. The number of nitrogens with zero attached hydrogens (tertiary/aromatic N) is 1. The first-order valence-corrected chi connectivity index (χ1v) is 8.95. The highest BCUT2D eigenvalue weighted by molar-refractivity contribution is 7.14. The molecule has 2 aromatic rings. The van der Waals surface area contributed by atoms with Crippen LogP contribution in [0, 0.1) is 17.3 Å². The van der Waals surface area contributed by atoms with E-state index in [1.807, 2.05) is 11.4 Å². The second-order valence-corrected chi connectivity index (χ2v) is 7.76. The van der Waals surface area contributed by atoms with Gasteiger partial charge in [-0.2, -0.15) is 0 Å². The molecule has 7 nitrogen and oxygen atoms in total. The molecule has 3 N–H and O–H groups in total. The third-order valence-electron chi connectivity index (χ3n) is 4.59. The highest BCUT2D eigenvalue weighted by Crippen LogP contribution is 2.58. The number of carboxylic acid groups (broad SMARTS) is 1. The molecule has 0 unspecified atom stereocenters. The zero-order valence-electron chi connectivity index (χ0n) is 14.6. The lowest BCUT2D eigenvalue weighted by molar-refractivity contribution is -0.140. The highest BCUT2D eigenvalue weighted by Gasteiger charge is 2.65. The lowest BCUT2D eigenvalue weighted by Crippen LogP contribution is -2.17. The molecule has 1 aromatic heterocycles. The molecule has 1 saturated carbocycles. The van der Waals surface area contributed by atoms with Gasteiger partial charge >= 0.3 is 5.97 Å². The third-order valence-corrected chi connectivity index (χ3v) is 5.35. The van der Waals surface area contributed by atoms with Gasteiger partial charge in [-0.1, -0.05) is 26.0 Å². The number of hydrogen-bond acceptors (Lipinski definition) is 5. The van der Waals surface area contributed by atoms with Crippen LogP contribution < -0.4 is 10.6 Å². The largest absolute Gasteiger partial charge is 0.481 e. The van der Waals surface area contributed by atoms with E-state index in [-0.39, 0.29) is 11.8 Å². The monoisotopic (exact) mass is 373 g/mol. The summed E-state index contributed by atoms with van der Waals surface area (Å²) in [6.45, 7) is 4.98. The van der Waals surface area contributed by atoms with Crippen LogP contribution in [0.5, 0.6) is 0 Å². The first-order chi connectivity index (χ1) is 12.2. The summed E-state index contributed by atoms with van der Waals surface area (Å²) in [6, 6.07) is 7.15. The Balaban J connectivity index is 1.74. The molecule has 0 spiro atoms. The van der Waals surface area contributed by atoms with Crippen molar-refractivity contribution in [3.05, 3.63) is 29.6 Å². The summed E-state index contributed by atoms with van der Waals surface area (Å²) in [5.74, 6) is -2.64. The van der Waals surface area contributed by atoms with Gasteiger partial charge in [0.1, 0.15) is 0 Å². The van der Waals surface area contributed by atoms with E-state index in [0.29, 0.717) is 16.5 Å². The van der Waals surface area contributed by atoms with Gasteiger partial charge in [-0.05, 0) is 17.5 Å². The second kappa shape index (κ2) is 6.53. The van der Waals surface area contributed by atoms with E-state index in [1.165, 1.54) is 18.3 Å². The minimum Gasteiger partial charge on any atom is -0.481 e. The molecule has 2 atom stereocenters. The molecule has 2 amide bonds. The Labute approximate surface area is 154 Å². The summed E-state index contributed by atoms with van der Waals surface area (Å²) in [4.78, 5) is 39.1. The Morgan fingerprint density at radius 2 is 1.92 bits per heavy atom. The predicted octanol–water partition coefficient (Wildman–Crippen LogP) is 3.06. The molecule has 1 heterocycles. The van der Waals surface area contributed by atoms with Crippen LogP contribution in [0.4, 0.5) is 10.8 Å². The van der Waals surface area contributed by atoms with E-state index in [1.54, 1.807) is 32.0 Å². The van der Waals surface area contributed by atoms with Crippen molar-refractivity contribution in [2.75, 3.05) is 10.6 Å². The molecule has 1 fully saturated rings. The average Bonchev–Trinajstić information content (AvgIpc) is 2.88. The highest BCUT2D eigenvalue weighted by atomic mass is 32.1. The minimum absolute atomic E-state index is 0.188. The van der Waals surface area contributed by atoms with Gasteiger partial charge in [-0.15, -0.1) is 11.3 Å². The lowest BCUT2D eigenvalue weighted by atomic mass is 10.1. The number of nitrogens with one attached hydrogen (secondary N) is 2. The fourth-order valence-electron chi connectivity index (χ4n) is 3.18. The Kier molecular flexibility index (Phi) is 4.53.